The second-order valence-electron chi connectivity index (χ2n) is 5.90. The van der Waals surface area contributed by atoms with E-state index in [0.29, 0.717) is 5.88 Å². The first-order valence-corrected chi connectivity index (χ1v) is 7.81. The molecule has 1 fully saturated rings. The molecule has 4 heteroatoms. The highest BCUT2D eigenvalue weighted by molar-refractivity contribution is 6.17. The zero-order valence-corrected chi connectivity index (χ0v) is 12.9. The van der Waals surface area contributed by atoms with E-state index in [4.69, 9.17) is 21.3 Å². The summed E-state index contributed by atoms with van der Waals surface area (Å²) in [6.07, 6.45) is 3.05. The molecule has 3 nitrogen and oxygen atoms in total. The topological polar surface area (TPSA) is 27.1 Å². The third-order valence-corrected chi connectivity index (χ3v) is 4.35. The van der Waals surface area contributed by atoms with Gasteiger partial charge in [0.25, 0.3) is 0 Å². The largest absolute Gasteiger partial charge is 0.373 e. The van der Waals surface area contributed by atoms with Crippen LogP contribution in [0.2, 0.25) is 0 Å². The summed E-state index contributed by atoms with van der Waals surface area (Å²) < 4.78 is 8.27. The molecule has 1 atom stereocenters. The fraction of sp³-hybridized carbons (Fsp3) is 0.562. The van der Waals surface area contributed by atoms with Crippen molar-refractivity contribution in [2.24, 2.45) is 0 Å². The smallest absolute Gasteiger partial charge is 0.111 e. The Morgan fingerprint density at radius 2 is 2.30 bits per heavy atom. The minimum atomic E-state index is -0.0724. The Morgan fingerprint density at radius 1 is 1.45 bits per heavy atom. The number of rotatable bonds is 4. The minimum absolute atomic E-state index is 0.0724. The summed E-state index contributed by atoms with van der Waals surface area (Å²) in [5.41, 5.74) is 3.48. The first-order chi connectivity index (χ1) is 9.63. The molecule has 1 saturated heterocycles. The number of benzene rings is 1. The summed E-state index contributed by atoms with van der Waals surface area (Å²) in [6, 6.07) is 6.28. The van der Waals surface area contributed by atoms with Crippen molar-refractivity contribution in [1.29, 1.82) is 0 Å². The van der Waals surface area contributed by atoms with Crippen molar-refractivity contribution in [2.75, 3.05) is 12.5 Å². The van der Waals surface area contributed by atoms with Gasteiger partial charge in [-0.05, 0) is 38.3 Å². The maximum absolute atomic E-state index is 5.95. The Labute approximate surface area is 124 Å². The van der Waals surface area contributed by atoms with Gasteiger partial charge >= 0.3 is 0 Å². The number of hydrogen-bond donors (Lipinski definition) is 0. The molecule has 108 valence electrons. The van der Waals surface area contributed by atoms with Crippen LogP contribution in [0.3, 0.4) is 0 Å². The van der Waals surface area contributed by atoms with Gasteiger partial charge in [-0.1, -0.05) is 12.1 Å². The van der Waals surface area contributed by atoms with Crippen LogP contribution in [0.1, 0.15) is 31.2 Å². The van der Waals surface area contributed by atoms with Crippen LogP contribution in [0.25, 0.3) is 11.0 Å². The van der Waals surface area contributed by atoms with E-state index in [9.17, 15) is 0 Å². The Kier molecular flexibility index (Phi) is 3.74. The molecule has 1 aromatic heterocycles. The number of halogens is 1. The predicted octanol–water partition coefficient (Wildman–Crippen LogP) is 3.70. The van der Waals surface area contributed by atoms with Gasteiger partial charge in [0, 0.05) is 18.9 Å². The lowest BCUT2D eigenvalue weighted by atomic mass is 10.0. The van der Waals surface area contributed by atoms with Gasteiger partial charge in [-0.25, -0.2) is 4.98 Å². The average molecular weight is 293 g/mol. The van der Waals surface area contributed by atoms with Crippen LogP contribution in [0, 0.1) is 6.92 Å². The Bertz CT molecular complexity index is 614. The number of alkyl halides is 1. The van der Waals surface area contributed by atoms with Crippen molar-refractivity contribution in [2.45, 2.75) is 45.3 Å². The number of ether oxygens (including phenoxy) is 1. The molecule has 0 spiro atoms. The van der Waals surface area contributed by atoms with E-state index in [1.807, 2.05) is 0 Å². The van der Waals surface area contributed by atoms with Crippen LogP contribution >= 0.6 is 11.6 Å². The lowest BCUT2D eigenvalue weighted by molar-refractivity contribution is 0.00652. The van der Waals surface area contributed by atoms with Gasteiger partial charge in [0.1, 0.15) is 5.82 Å². The molecule has 0 aliphatic carbocycles. The van der Waals surface area contributed by atoms with Crippen LogP contribution in [0.4, 0.5) is 0 Å². The van der Waals surface area contributed by atoms with Crippen LogP contribution in [0.5, 0.6) is 0 Å². The molecule has 1 unspecified atom stereocenters. The summed E-state index contributed by atoms with van der Waals surface area (Å²) in [6.45, 7) is 6.07. The van der Waals surface area contributed by atoms with E-state index in [1.165, 1.54) is 11.1 Å². The van der Waals surface area contributed by atoms with E-state index in [2.05, 4.69) is 36.6 Å². The summed E-state index contributed by atoms with van der Waals surface area (Å²) in [4.78, 5) is 4.76. The van der Waals surface area contributed by atoms with Crippen molar-refractivity contribution >= 4 is 22.6 Å². The van der Waals surface area contributed by atoms with Crippen molar-refractivity contribution in [3.05, 3.63) is 29.6 Å². The molecule has 1 aliphatic heterocycles. The van der Waals surface area contributed by atoms with Crippen LogP contribution in [-0.2, 0) is 17.7 Å². The average Bonchev–Trinajstić information content (AvgIpc) is 2.97. The Balaban J connectivity index is 2.08. The Morgan fingerprint density at radius 3 is 3.00 bits per heavy atom. The number of hydrogen-bond acceptors (Lipinski definition) is 2. The SMILES string of the molecule is Cc1cccc2nc(CCCl)n(CC3(C)CCCO3)c12. The van der Waals surface area contributed by atoms with Crippen LogP contribution < -0.4 is 0 Å². The Hall–Kier alpha value is -1.06. The second-order valence-corrected chi connectivity index (χ2v) is 6.28. The lowest BCUT2D eigenvalue weighted by Crippen LogP contribution is -2.30. The number of aryl methyl sites for hydroxylation is 2. The normalized spacial score (nSPS) is 22.8. The van der Waals surface area contributed by atoms with E-state index in [0.717, 1.165) is 43.8 Å². The molecule has 20 heavy (non-hydrogen) atoms. The molecule has 1 aliphatic rings. The summed E-state index contributed by atoms with van der Waals surface area (Å²) in [5.74, 6) is 1.67. The number of fused-ring (bicyclic) bond motifs is 1. The summed E-state index contributed by atoms with van der Waals surface area (Å²) >= 11 is 5.94. The van der Waals surface area contributed by atoms with E-state index < -0.39 is 0 Å². The van der Waals surface area contributed by atoms with Gasteiger partial charge in [0.15, 0.2) is 0 Å². The van der Waals surface area contributed by atoms with Gasteiger partial charge in [-0.15, -0.1) is 11.6 Å². The summed E-state index contributed by atoms with van der Waals surface area (Å²) in [7, 11) is 0. The molecule has 0 amide bonds. The maximum atomic E-state index is 5.95. The molecule has 0 radical (unpaired) electrons. The molecule has 0 bridgehead atoms. The molecule has 0 saturated carbocycles. The number of imidazole rings is 1. The monoisotopic (exact) mass is 292 g/mol. The van der Waals surface area contributed by atoms with E-state index in [-0.39, 0.29) is 5.60 Å². The van der Waals surface area contributed by atoms with Gasteiger partial charge in [0.05, 0.1) is 23.2 Å². The predicted molar refractivity (Wildman–Crippen MR) is 82.5 cm³/mol. The van der Waals surface area contributed by atoms with Gasteiger partial charge in [0.2, 0.25) is 0 Å². The quantitative estimate of drug-likeness (QED) is 0.804. The first kappa shape index (κ1) is 13.9. The third kappa shape index (κ3) is 2.45. The molecule has 2 heterocycles. The fourth-order valence-corrected chi connectivity index (χ4v) is 3.32. The second kappa shape index (κ2) is 5.38. The zero-order chi connectivity index (χ0) is 14.2. The first-order valence-electron chi connectivity index (χ1n) is 7.28. The standard InChI is InChI=1S/C16H21ClN2O/c1-12-5-3-6-13-15(12)19(14(18-13)7-9-17)11-16(2)8-4-10-20-16/h3,5-6H,4,7-11H2,1-2H3. The van der Waals surface area contributed by atoms with Crippen LogP contribution in [0.15, 0.2) is 18.2 Å². The van der Waals surface area contributed by atoms with Crippen LogP contribution in [-0.4, -0.2) is 27.6 Å². The molecular formula is C16H21ClN2O. The maximum Gasteiger partial charge on any atom is 0.111 e. The lowest BCUT2D eigenvalue weighted by Gasteiger charge is -2.25. The zero-order valence-electron chi connectivity index (χ0n) is 12.2. The molecule has 3 rings (SSSR count). The minimum Gasteiger partial charge on any atom is -0.373 e. The molecule has 2 aromatic rings. The van der Waals surface area contributed by atoms with Crippen molar-refractivity contribution < 1.29 is 4.74 Å². The highest BCUT2D eigenvalue weighted by Crippen LogP contribution is 2.30. The highest BCUT2D eigenvalue weighted by atomic mass is 35.5. The van der Waals surface area contributed by atoms with E-state index in [1.54, 1.807) is 0 Å². The number of para-hydroxylation sites is 1. The van der Waals surface area contributed by atoms with Crippen molar-refractivity contribution in [1.82, 2.24) is 9.55 Å². The number of nitrogens with zero attached hydrogens (tertiary/aromatic N) is 2. The van der Waals surface area contributed by atoms with Crippen molar-refractivity contribution in [3.8, 4) is 0 Å². The third-order valence-electron chi connectivity index (χ3n) is 4.16. The molecule has 0 N–H and O–H groups in total. The molecule has 1 aromatic carbocycles. The molecular weight excluding hydrogens is 272 g/mol. The van der Waals surface area contributed by atoms with Gasteiger partial charge in [-0.2, -0.15) is 0 Å². The fourth-order valence-electron chi connectivity index (χ4n) is 3.16. The van der Waals surface area contributed by atoms with Gasteiger partial charge in [-0.3, -0.25) is 0 Å². The van der Waals surface area contributed by atoms with Crippen molar-refractivity contribution in [3.63, 3.8) is 0 Å². The number of aromatic nitrogens is 2. The van der Waals surface area contributed by atoms with E-state index >= 15 is 0 Å². The highest BCUT2D eigenvalue weighted by Gasteiger charge is 2.31. The van der Waals surface area contributed by atoms with Gasteiger partial charge < -0.3 is 9.30 Å². The summed E-state index contributed by atoms with van der Waals surface area (Å²) in [5, 5.41) is 0.